The van der Waals surface area contributed by atoms with Gasteiger partial charge in [-0.2, -0.15) is 0 Å². The Labute approximate surface area is 108 Å². The van der Waals surface area contributed by atoms with E-state index in [1.807, 2.05) is 6.07 Å². The summed E-state index contributed by atoms with van der Waals surface area (Å²) in [5.41, 5.74) is 8.48. The van der Waals surface area contributed by atoms with E-state index in [2.05, 4.69) is 24.1 Å². The number of rotatable bonds is 0. The van der Waals surface area contributed by atoms with Crippen LogP contribution < -0.4 is 10.5 Å². The number of likely N-dealkylation sites (tertiary alicyclic amines) is 1. The zero-order chi connectivity index (χ0) is 12.3. The smallest absolute Gasteiger partial charge is 0.124 e. The predicted molar refractivity (Wildman–Crippen MR) is 71.8 cm³/mol. The molecule has 3 heteroatoms. The Morgan fingerprint density at radius 3 is 3.17 bits per heavy atom. The summed E-state index contributed by atoms with van der Waals surface area (Å²) in [7, 11) is 2.24. The molecule has 2 bridgehead atoms. The Morgan fingerprint density at radius 1 is 1.39 bits per heavy atom. The molecule has 96 valence electrons. The number of piperidine rings is 1. The third-order valence-electron chi connectivity index (χ3n) is 5.29. The highest BCUT2D eigenvalue weighted by Crippen LogP contribution is 2.55. The summed E-state index contributed by atoms with van der Waals surface area (Å²) in [5.74, 6) is 1.08. The van der Waals surface area contributed by atoms with E-state index in [0.29, 0.717) is 12.1 Å². The first-order valence-electron chi connectivity index (χ1n) is 6.98. The van der Waals surface area contributed by atoms with E-state index in [9.17, 15) is 0 Å². The molecule has 3 atom stereocenters. The highest BCUT2D eigenvalue weighted by Gasteiger charge is 2.57. The molecule has 0 radical (unpaired) electrons. The molecule has 18 heavy (non-hydrogen) atoms. The number of hydrogen-bond donors (Lipinski definition) is 1. The zero-order valence-electron chi connectivity index (χ0n) is 10.9. The van der Waals surface area contributed by atoms with E-state index < -0.39 is 0 Å². The number of benzene rings is 1. The maximum atomic E-state index is 6.30. The van der Waals surface area contributed by atoms with Gasteiger partial charge in [0.1, 0.15) is 11.9 Å². The lowest BCUT2D eigenvalue weighted by Crippen LogP contribution is -2.60. The summed E-state index contributed by atoms with van der Waals surface area (Å²) < 4.78 is 6.30. The van der Waals surface area contributed by atoms with Gasteiger partial charge in [-0.15, -0.1) is 0 Å². The fourth-order valence-electron chi connectivity index (χ4n) is 4.34. The van der Waals surface area contributed by atoms with Gasteiger partial charge in [-0.25, -0.2) is 0 Å². The maximum absolute atomic E-state index is 6.30. The van der Waals surface area contributed by atoms with Crippen molar-refractivity contribution in [1.82, 2.24) is 4.90 Å². The topological polar surface area (TPSA) is 38.5 Å². The molecular formula is C15H20N2O. The molecule has 2 N–H and O–H groups in total. The zero-order valence-corrected chi connectivity index (χ0v) is 10.9. The second-order valence-electron chi connectivity index (χ2n) is 6.14. The van der Waals surface area contributed by atoms with Crippen molar-refractivity contribution >= 4 is 5.69 Å². The molecule has 1 aliphatic carbocycles. The largest absolute Gasteiger partial charge is 0.488 e. The van der Waals surface area contributed by atoms with Crippen molar-refractivity contribution in [2.75, 3.05) is 19.3 Å². The third-order valence-corrected chi connectivity index (χ3v) is 5.29. The third kappa shape index (κ3) is 1.18. The SMILES string of the molecule is CN1CC[C@]23CCC[C@H]1[C@@H]2Oc1ccc(N)cc13. The average Bonchev–Trinajstić information content (AvgIpc) is 2.69. The standard InChI is InChI=1S/C15H20N2O/c1-17-8-7-15-6-2-3-12(17)14(15)18-13-5-4-10(16)9-11(13)15/h4-5,9,12,14H,2-3,6-8,16H2,1H3/t12-,14-,15-/m0/s1. The number of nitrogens with two attached hydrogens (primary N) is 1. The molecule has 3 nitrogen and oxygen atoms in total. The lowest BCUT2D eigenvalue weighted by Gasteiger charge is -2.51. The van der Waals surface area contributed by atoms with Gasteiger partial charge in [-0.1, -0.05) is 6.42 Å². The van der Waals surface area contributed by atoms with Gasteiger partial charge in [0, 0.05) is 22.7 Å². The second-order valence-corrected chi connectivity index (χ2v) is 6.14. The van der Waals surface area contributed by atoms with Gasteiger partial charge in [-0.3, -0.25) is 4.90 Å². The number of fused-ring (bicyclic) bond motifs is 1. The molecule has 1 saturated carbocycles. The first kappa shape index (κ1) is 10.7. The lowest BCUT2D eigenvalue weighted by molar-refractivity contribution is -0.0303. The summed E-state index contributed by atoms with van der Waals surface area (Å²) in [4.78, 5) is 2.48. The average molecular weight is 244 g/mol. The molecule has 0 unspecified atom stereocenters. The van der Waals surface area contributed by atoms with Crippen LogP contribution in [0, 0.1) is 0 Å². The normalized spacial score (nSPS) is 37.8. The monoisotopic (exact) mass is 244 g/mol. The highest BCUT2D eigenvalue weighted by molar-refractivity contribution is 5.55. The van der Waals surface area contributed by atoms with Gasteiger partial charge in [0.15, 0.2) is 0 Å². The van der Waals surface area contributed by atoms with Crippen LogP contribution in [0.3, 0.4) is 0 Å². The van der Waals surface area contributed by atoms with Gasteiger partial charge in [0.2, 0.25) is 0 Å². The van der Waals surface area contributed by atoms with Crippen molar-refractivity contribution in [1.29, 1.82) is 0 Å². The molecule has 2 heterocycles. The van der Waals surface area contributed by atoms with E-state index in [-0.39, 0.29) is 5.41 Å². The Balaban J connectivity index is 1.87. The first-order chi connectivity index (χ1) is 8.71. The molecule has 0 amide bonds. The minimum absolute atomic E-state index is 0.250. The molecule has 1 saturated heterocycles. The van der Waals surface area contributed by atoms with Crippen LogP contribution in [0.4, 0.5) is 5.69 Å². The fraction of sp³-hybridized carbons (Fsp3) is 0.600. The van der Waals surface area contributed by atoms with Crippen molar-refractivity contribution in [3.63, 3.8) is 0 Å². The van der Waals surface area contributed by atoms with Crippen LogP contribution in [-0.4, -0.2) is 30.6 Å². The Morgan fingerprint density at radius 2 is 2.28 bits per heavy atom. The fourth-order valence-corrected chi connectivity index (χ4v) is 4.34. The molecule has 1 aromatic carbocycles. The van der Waals surface area contributed by atoms with E-state index in [1.54, 1.807) is 0 Å². The van der Waals surface area contributed by atoms with Crippen molar-refractivity contribution in [3.8, 4) is 5.75 Å². The number of ether oxygens (including phenoxy) is 1. The number of nitrogens with zero attached hydrogens (tertiary/aromatic N) is 1. The van der Waals surface area contributed by atoms with Crippen molar-refractivity contribution < 1.29 is 4.74 Å². The van der Waals surface area contributed by atoms with E-state index in [0.717, 1.165) is 11.4 Å². The second kappa shape index (κ2) is 3.41. The molecule has 3 aliphatic rings. The van der Waals surface area contributed by atoms with Gasteiger partial charge < -0.3 is 10.5 Å². The van der Waals surface area contributed by atoms with E-state index >= 15 is 0 Å². The van der Waals surface area contributed by atoms with Crippen LogP contribution >= 0.6 is 0 Å². The van der Waals surface area contributed by atoms with E-state index in [1.165, 1.54) is 37.8 Å². The molecule has 2 fully saturated rings. The Bertz CT molecular complexity index is 501. The Hall–Kier alpha value is -1.22. The molecule has 4 rings (SSSR count). The Kier molecular flexibility index (Phi) is 2.03. The lowest BCUT2D eigenvalue weighted by atomic mass is 9.62. The summed E-state index contributed by atoms with van der Waals surface area (Å²) in [5, 5.41) is 0. The number of anilines is 1. The van der Waals surface area contributed by atoms with Crippen molar-refractivity contribution in [3.05, 3.63) is 23.8 Å². The van der Waals surface area contributed by atoms with Gasteiger partial charge in [-0.05, 0) is 51.1 Å². The molecule has 1 aromatic rings. The first-order valence-corrected chi connectivity index (χ1v) is 6.98. The van der Waals surface area contributed by atoms with E-state index in [4.69, 9.17) is 10.5 Å². The van der Waals surface area contributed by atoms with Crippen molar-refractivity contribution in [2.45, 2.75) is 43.2 Å². The number of nitrogen functional groups attached to an aromatic ring is 1. The van der Waals surface area contributed by atoms with Crippen LogP contribution in [0.2, 0.25) is 0 Å². The highest BCUT2D eigenvalue weighted by atomic mass is 16.5. The molecule has 0 aromatic heterocycles. The molecule has 2 aliphatic heterocycles. The van der Waals surface area contributed by atoms with Crippen molar-refractivity contribution in [2.24, 2.45) is 0 Å². The van der Waals surface area contributed by atoms with Gasteiger partial charge in [0.25, 0.3) is 0 Å². The molecule has 0 spiro atoms. The molecular weight excluding hydrogens is 224 g/mol. The van der Waals surface area contributed by atoms with Crippen LogP contribution in [0.25, 0.3) is 0 Å². The number of hydrogen-bond acceptors (Lipinski definition) is 3. The summed E-state index contributed by atoms with van der Waals surface area (Å²) in [6.45, 7) is 1.18. The van der Waals surface area contributed by atoms with Crippen LogP contribution in [0.15, 0.2) is 18.2 Å². The van der Waals surface area contributed by atoms with Gasteiger partial charge in [0.05, 0.1) is 0 Å². The minimum Gasteiger partial charge on any atom is -0.488 e. The summed E-state index contributed by atoms with van der Waals surface area (Å²) >= 11 is 0. The minimum atomic E-state index is 0.250. The summed E-state index contributed by atoms with van der Waals surface area (Å²) in [6.07, 6.45) is 5.40. The maximum Gasteiger partial charge on any atom is 0.124 e. The quantitative estimate of drug-likeness (QED) is 0.711. The van der Waals surface area contributed by atoms with Crippen LogP contribution in [0.1, 0.15) is 31.2 Å². The predicted octanol–water partition coefficient (Wildman–Crippen LogP) is 2.16. The van der Waals surface area contributed by atoms with Gasteiger partial charge >= 0.3 is 0 Å². The number of likely N-dealkylation sites (N-methyl/N-ethyl adjacent to an activating group) is 1. The van der Waals surface area contributed by atoms with Crippen LogP contribution in [-0.2, 0) is 5.41 Å². The summed E-state index contributed by atoms with van der Waals surface area (Å²) in [6, 6.07) is 6.76. The van der Waals surface area contributed by atoms with Crippen LogP contribution in [0.5, 0.6) is 5.75 Å².